The van der Waals surface area contributed by atoms with Crippen LogP contribution in [-0.2, 0) is 25.7 Å². The molecule has 10 nitrogen and oxygen atoms in total. The van der Waals surface area contributed by atoms with Crippen molar-refractivity contribution in [2.24, 2.45) is 4.99 Å². The van der Waals surface area contributed by atoms with Crippen molar-refractivity contribution in [2.75, 3.05) is 45.6 Å². The molecule has 5 rings (SSSR count). The molecule has 48 heavy (non-hydrogen) atoms. The van der Waals surface area contributed by atoms with Crippen molar-refractivity contribution in [1.29, 1.82) is 0 Å². The third-order valence-corrected chi connectivity index (χ3v) is 11.0. The smallest absolute Gasteiger partial charge is 0.326 e. The van der Waals surface area contributed by atoms with Gasteiger partial charge in [0, 0.05) is 48.5 Å². The van der Waals surface area contributed by atoms with Crippen molar-refractivity contribution in [3.63, 3.8) is 0 Å². The normalized spacial score (nSPS) is 21.4. The van der Waals surface area contributed by atoms with E-state index >= 15 is 0 Å². The van der Waals surface area contributed by atoms with Gasteiger partial charge in [-0.3, -0.25) is 19.6 Å². The predicted molar refractivity (Wildman–Crippen MR) is 190 cm³/mol. The zero-order valence-corrected chi connectivity index (χ0v) is 30.6. The van der Waals surface area contributed by atoms with Gasteiger partial charge in [0.2, 0.25) is 0 Å². The Morgan fingerprint density at radius 2 is 1.46 bits per heavy atom. The third kappa shape index (κ3) is 6.99. The number of benzene rings is 3. The lowest BCUT2D eigenvalue weighted by atomic mass is 9.71. The van der Waals surface area contributed by atoms with E-state index in [4.69, 9.17) is 44.5 Å². The molecule has 0 spiro atoms. The largest absolute Gasteiger partial charge is 0.493 e. The first-order valence-electron chi connectivity index (χ1n) is 14.9. The number of halogens is 4. The molecule has 2 heterocycles. The van der Waals surface area contributed by atoms with Crippen LogP contribution in [0.15, 0.2) is 70.6 Å². The van der Waals surface area contributed by atoms with E-state index in [0.29, 0.717) is 28.7 Å². The predicted octanol–water partition coefficient (Wildman–Crippen LogP) is 6.59. The summed E-state index contributed by atoms with van der Waals surface area (Å²) in [5.74, 6) is -0.505. The summed E-state index contributed by atoms with van der Waals surface area (Å²) in [6.45, 7) is 6.94. The Morgan fingerprint density at radius 1 is 0.917 bits per heavy atom. The van der Waals surface area contributed by atoms with Crippen molar-refractivity contribution in [2.45, 2.75) is 36.7 Å². The molecule has 0 radical (unpaired) electrons. The highest BCUT2D eigenvalue weighted by Gasteiger charge is 2.60. The molecule has 0 unspecified atom stereocenters. The molecule has 2 aliphatic rings. The van der Waals surface area contributed by atoms with Gasteiger partial charge in [-0.15, -0.1) is 12.4 Å². The van der Waals surface area contributed by atoms with Crippen LogP contribution in [0.1, 0.15) is 37.5 Å². The number of ether oxygens (including phenoxy) is 1. The molecule has 3 aromatic carbocycles. The number of rotatable bonds is 8. The molecule has 0 bridgehead atoms. The molecular weight excluding hydrogens is 722 g/mol. The fourth-order valence-electron chi connectivity index (χ4n) is 6.27. The molecule has 2 aliphatic heterocycles. The first kappa shape index (κ1) is 37.8. The number of aliphatic imine (C=N–C) groups is 1. The molecular formula is C33H36Cl4N4O6S. The number of hydrogen-bond acceptors (Lipinski definition) is 7. The maximum Gasteiger partial charge on any atom is 0.326 e. The highest BCUT2D eigenvalue weighted by molar-refractivity contribution is 7.90. The Kier molecular flexibility index (Phi) is 11.3. The summed E-state index contributed by atoms with van der Waals surface area (Å²) in [5, 5.41) is 10.3. The number of hydrogen-bond donors (Lipinski definition) is 1. The van der Waals surface area contributed by atoms with E-state index < -0.39 is 32.9 Å². The topological polar surface area (TPSA) is 120 Å². The van der Waals surface area contributed by atoms with Gasteiger partial charge in [0.15, 0.2) is 9.84 Å². The number of sulfone groups is 1. The number of carbonyl (C=O) groups is 2. The number of amidine groups is 1. The molecule has 15 heteroatoms. The molecule has 0 aromatic heterocycles. The summed E-state index contributed by atoms with van der Waals surface area (Å²) in [5.41, 5.74) is -0.646. The number of carbonyl (C=O) groups excluding carboxylic acids is 1. The van der Waals surface area contributed by atoms with Gasteiger partial charge < -0.3 is 14.7 Å². The summed E-state index contributed by atoms with van der Waals surface area (Å²) < 4.78 is 31.8. The Bertz CT molecular complexity index is 1830. The molecule has 1 saturated heterocycles. The van der Waals surface area contributed by atoms with Crippen molar-refractivity contribution in [3.05, 3.63) is 92.4 Å². The van der Waals surface area contributed by atoms with Crippen LogP contribution < -0.4 is 4.74 Å². The summed E-state index contributed by atoms with van der Waals surface area (Å²) in [6.07, 6.45) is 1.06. The first-order valence-corrected chi connectivity index (χ1v) is 17.9. The Balaban J connectivity index is 0.00000520. The van der Waals surface area contributed by atoms with Gasteiger partial charge in [-0.05, 0) is 62.2 Å². The zero-order valence-electron chi connectivity index (χ0n) is 26.7. The number of amides is 2. The second kappa shape index (κ2) is 14.4. The van der Waals surface area contributed by atoms with Gasteiger partial charge in [0.1, 0.15) is 22.7 Å². The van der Waals surface area contributed by atoms with Crippen molar-refractivity contribution in [1.82, 2.24) is 14.7 Å². The monoisotopic (exact) mass is 756 g/mol. The van der Waals surface area contributed by atoms with Crippen LogP contribution in [0.25, 0.3) is 0 Å². The number of carboxylic acid groups (broad SMARTS) is 1. The SMILES string of the molecule is CCOc1cc(Cl)c(S(C)(=O)=O)cc1C1=N[C@@](C)(c2ccc(Cl)cc2)[C@@](C)(c2ccc(Cl)cc2)N1C(=O)N1CCN(CC(=O)O)CC1.Cl. The molecule has 3 aromatic rings. The zero-order chi connectivity index (χ0) is 34.3. The van der Waals surface area contributed by atoms with Crippen LogP contribution in [0.4, 0.5) is 4.79 Å². The number of aliphatic carboxylic acids is 1. The van der Waals surface area contributed by atoms with E-state index in [1.807, 2.05) is 38.1 Å². The van der Waals surface area contributed by atoms with Crippen LogP contribution in [0.2, 0.25) is 15.1 Å². The fourth-order valence-corrected chi connectivity index (χ4v) is 7.84. The number of carboxylic acids is 1. The Labute approximate surface area is 301 Å². The minimum Gasteiger partial charge on any atom is -0.493 e. The maximum atomic E-state index is 15.0. The average molecular weight is 759 g/mol. The average Bonchev–Trinajstić information content (AvgIpc) is 3.25. The molecule has 2 amide bonds. The van der Waals surface area contributed by atoms with Crippen molar-refractivity contribution >= 4 is 74.9 Å². The Morgan fingerprint density at radius 3 is 1.96 bits per heavy atom. The number of urea groups is 1. The summed E-state index contributed by atoms with van der Waals surface area (Å²) in [7, 11) is -3.80. The lowest BCUT2D eigenvalue weighted by molar-refractivity contribution is -0.138. The van der Waals surface area contributed by atoms with Crippen molar-refractivity contribution < 1.29 is 27.9 Å². The summed E-state index contributed by atoms with van der Waals surface area (Å²) in [6, 6.07) is 16.8. The second-order valence-electron chi connectivity index (χ2n) is 11.9. The van der Waals surface area contributed by atoms with Gasteiger partial charge in [-0.2, -0.15) is 0 Å². The Hall–Kier alpha value is -3.06. The minimum absolute atomic E-state index is 0. The number of piperazine rings is 1. The fraction of sp³-hybridized carbons (Fsp3) is 0.364. The quantitative estimate of drug-likeness (QED) is 0.276. The standard InChI is InChI=1S/C33H35Cl3N4O6S.ClH/c1-5-46-27-19-26(36)28(47(4,44)45)18-25(27)30-37-32(2,21-6-10-23(34)11-7-21)33(3,22-8-12-24(35)13-9-22)40(30)31(43)39-16-14-38(15-17-39)20-29(41)42;/h6-13,18-19H,5,14-17,20H2,1-4H3,(H,41,42);1H/t32-,33+;/m0./s1. The lowest BCUT2D eigenvalue weighted by Crippen LogP contribution is -2.61. The van der Waals surface area contributed by atoms with E-state index in [-0.39, 0.29) is 65.7 Å². The molecule has 1 N–H and O–H groups in total. The van der Waals surface area contributed by atoms with E-state index in [0.717, 1.165) is 11.8 Å². The molecule has 0 aliphatic carbocycles. The van der Waals surface area contributed by atoms with E-state index in [9.17, 15) is 23.1 Å². The van der Waals surface area contributed by atoms with Crippen molar-refractivity contribution in [3.8, 4) is 5.75 Å². The van der Waals surface area contributed by atoms with Crippen LogP contribution in [-0.4, -0.2) is 91.6 Å². The van der Waals surface area contributed by atoms with Gasteiger partial charge in [-0.1, -0.05) is 59.1 Å². The van der Waals surface area contributed by atoms with Crippen LogP contribution in [0.5, 0.6) is 5.75 Å². The minimum atomic E-state index is -3.80. The van der Waals surface area contributed by atoms with Gasteiger partial charge >= 0.3 is 12.0 Å². The summed E-state index contributed by atoms with van der Waals surface area (Å²) in [4.78, 5) is 36.5. The molecule has 258 valence electrons. The van der Waals surface area contributed by atoms with E-state index in [2.05, 4.69) is 0 Å². The molecule has 2 atom stereocenters. The third-order valence-electron chi connectivity index (χ3n) is 8.92. The van der Waals surface area contributed by atoms with Crippen LogP contribution in [0, 0.1) is 0 Å². The second-order valence-corrected chi connectivity index (χ2v) is 15.1. The van der Waals surface area contributed by atoms with Gasteiger partial charge in [-0.25, -0.2) is 13.2 Å². The van der Waals surface area contributed by atoms with Crippen LogP contribution >= 0.6 is 47.2 Å². The molecule has 0 saturated carbocycles. The van der Waals surface area contributed by atoms with E-state index in [1.165, 1.54) is 12.1 Å². The van der Waals surface area contributed by atoms with E-state index in [1.54, 1.807) is 45.9 Å². The highest BCUT2D eigenvalue weighted by Crippen LogP contribution is 2.54. The van der Waals surface area contributed by atoms with Crippen LogP contribution in [0.3, 0.4) is 0 Å². The molecule has 1 fully saturated rings. The highest BCUT2D eigenvalue weighted by atomic mass is 35.5. The van der Waals surface area contributed by atoms with Gasteiger partial charge in [0.05, 0.1) is 28.6 Å². The lowest BCUT2D eigenvalue weighted by Gasteiger charge is -2.47. The number of nitrogens with zero attached hydrogens (tertiary/aromatic N) is 4. The summed E-state index contributed by atoms with van der Waals surface area (Å²) >= 11 is 19.1. The maximum absolute atomic E-state index is 15.0. The first-order chi connectivity index (χ1) is 22.1. The van der Waals surface area contributed by atoms with Gasteiger partial charge in [0.25, 0.3) is 0 Å².